The Morgan fingerprint density at radius 2 is 1.89 bits per heavy atom. The van der Waals surface area contributed by atoms with Crippen molar-refractivity contribution < 1.29 is 4.74 Å². The Labute approximate surface area is 110 Å². The van der Waals surface area contributed by atoms with E-state index < -0.39 is 0 Å². The van der Waals surface area contributed by atoms with E-state index in [1.807, 2.05) is 0 Å². The summed E-state index contributed by atoms with van der Waals surface area (Å²) in [7, 11) is 0. The van der Waals surface area contributed by atoms with Gasteiger partial charge < -0.3 is 10.5 Å². The molecule has 0 spiro atoms. The zero-order valence-electron chi connectivity index (χ0n) is 11.3. The summed E-state index contributed by atoms with van der Waals surface area (Å²) in [5, 5.41) is 0. The van der Waals surface area contributed by atoms with Crippen LogP contribution in [-0.2, 0) is 11.2 Å². The second-order valence-corrected chi connectivity index (χ2v) is 4.94. The molecule has 0 amide bonds. The number of benzene rings is 1. The van der Waals surface area contributed by atoms with Crippen LogP contribution in [-0.4, -0.2) is 44.3 Å². The van der Waals surface area contributed by atoms with E-state index >= 15 is 0 Å². The number of nitrogens with two attached hydrogens (primary N) is 1. The summed E-state index contributed by atoms with van der Waals surface area (Å²) < 4.78 is 5.38. The SMILES string of the molecule is CCc1ccc(C(CN)CN2CCOCC2)cc1. The monoisotopic (exact) mass is 248 g/mol. The Bertz CT molecular complexity index is 344. The van der Waals surface area contributed by atoms with Crippen LogP contribution >= 0.6 is 0 Å². The van der Waals surface area contributed by atoms with Crippen LogP contribution in [0.5, 0.6) is 0 Å². The first-order chi connectivity index (χ1) is 8.83. The summed E-state index contributed by atoms with van der Waals surface area (Å²) in [6.45, 7) is 7.71. The largest absolute Gasteiger partial charge is 0.379 e. The predicted octanol–water partition coefficient (Wildman–Crippen LogP) is 1.62. The fraction of sp³-hybridized carbons (Fsp3) is 0.600. The van der Waals surface area contributed by atoms with E-state index in [0.717, 1.165) is 39.3 Å². The third-order valence-electron chi connectivity index (χ3n) is 3.73. The van der Waals surface area contributed by atoms with Crippen molar-refractivity contribution >= 4 is 0 Å². The molecule has 100 valence electrons. The second kappa shape index (κ2) is 6.88. The molecule has 0 radical (unpaired) electrons. The van der Waals surface area contributed by atoms with Crippen LogP contribution in [0.3, 0.4) is 0 Å². The van der Waals surface area contributed by atoms with Crippen molar-refractivity contribution in [2.24, 2.45) is 5.73 Å². The average Bonchev–Trinajstić information content (AvgIpc) is 2.46. The van der Waals surface area contributed by atoms with Gasteiger partial charge in [-0.1, -0.05) is 31.2 Å². The van der Waals surface area contributed by atoms with Gasteiger partial charge in [0.05, 0.1) is 13.2 Å². The molecule has 1 aliphatic rings. The molecular weight excluding hydrogens is 224 g/mol. The molecule has 1 fully saturated rings. The highest BCUT2D eigenvalue weighted by Crippen LogP contribution is 2.18. The van der Waals surface area contributed by atoms with Crippen LogP contribution in [0.4, 0.5) is 0 Å². The highest BCUT2D eigenvalue weighted by atomic mass is 16.5. The fourth-order valence-electron chi connectivity index (χ4n) is 2.44. The maximum Gasteiger partial charge on any atom is 0.0594 e. The Balaban J connectivity index is 1.97. The molecule has 0 bridgehead atoms. The molecule has 0 aromatic heterocycles. The number of hydrogen-bond donors (Lipinski definition) is 1. The van der Waals surface area contributed by atoms with Crippen molar-refractivity contribution in [2.75, 3.05) is 39.4 Å². The van der Waals surface area contributed by atoms with Gasteiger partial charge in [0.15, 0.2) is 0 Å². The van der Waals surface area contributed by atoms with E-state index in [-0.39, 0.29) is 0 Å². The van der Waals surface area contributed by atoms with E-state index in [2.05, 4.69) is 36.1 Å². The van der Waals surface area contributed by atoms with Gasteiger partial charge in [-0.25, -0.2) is 0 Å². The lowest BCUT2D eigenvalue weighted by Gasteiger charge is -2.30. The topological polar surface area (TPSA) is 38.5 Å². The van der Waals surface area contributed by atoms with E-state index in [1.165, 1.54) is 11.1 Å². The molecule has 2 N–H and O–H groups in total. The van der Waals surface area contributed by atoms with Crippen molar-refractivity contribution in [3.63, 3.8) is 0 Å². The molecule has 1 aromatic carbocycles. The summed E-state index contributed by atoms with van der Waals surface area (Å²) in [6, 6.07) is 8.90. The first-order valence-electron chi connectivity index (χ1n) is 6.92. The fourth-order valence-corrected chi connectivity index (χ4v) is 2.44. The molecule has 3 nitrogen and oxygen atoms in total. The minimum atomic E-state index is 0.439. The maximum absolute atomic E-state index is 5.93. The van der Waals surface area contributed by atoms with E-state index in [0.29, 0.717) is 12.5 Å². The minimum absolute atomic E-state index is 0.439. The number of hydrogen-bond acceptors (Lipinski definition) is 3. The van der Waals surface area contributed by atoms with Gasteiger partial charge in [0.25, 0.3) is 0 Å². The van der Waals surface area contributed by atoms with Gasteiger partial charge >= 0.3 is 0 Å². The second-order valence-electron chi connectivity index (χ2n) is 4.94. The number of morpholine rings is 1. The van der Waals surface area contributed by atoms with Crippen molar-refractivity contribution in [1.29, 1.82) is 0 Å². The van der Waals surface area contributed by atoms with Crippen molar-refractivity contribution in [3.05, 3.63) is 35.4 Å². The van der Waals surface area contributed by atoms with Gasteiger partial charge in [-0.3, -0.25) is 4.90 Å². The van der Waals surface area contributed by atoms with Crippen LogP contribution < -0.4 is 5.73 Å². The molecular formula is C15H24N2O. The Hall–Kier alpha value is -0.900. The Kier molecular flexibility index (Phi) is 5.17. The summed E-state index contributed by atoms with van der Waals surface area (Å²) >= 11 is 0. The smallest absolute Gasteiger partial charge is 0.0594 e. The molecule has 1 aliphatic heterocycles. The first-order valence-corrected chi connectivity index (χ1v) is 6.92. The summed E-state index contributed by atoms with van der Waals surface area (Å²) in [5.41, 5.74) is 8.69. The first kappa shape index (κ1) is 13.5. The lowest BCUT2D eigenvalue weighted by Crippen LogP contribution is -2.40. The van der Waals surface area contributed by atoms with Gasteiger partial charge in [-0.15, -0.1) is 0 Å². The third-order valence-corrected chi connectivity index (χ3v) is 3.73. The molecule has 2 rings (SSSR count). The van der Waals surface area contributed by atoms with Gasteiger partial charge in [0.2, 0.25) is 0 Å². The normalized spacial score (nSPS) is 18.8. The molecule has 3 heteroatoms. The lowest BCUT2D eigenvalue weighted by molar-refractivity contribution is 0.0353. The standard InChI is InChI=1S/C15H24N2O/c1-2-13-3-5-14(6-4-13)15(11-16)12-17-7-9-18-10-8-17/h3-6,15H,2,7-12,16H2,1H3. The molecule has 0 aliphatic carbocycles. The molecule has 1 atom stereocenters. The minimum Gasteiger partial charge on any atom is -0.379 e. The molecule has 1 unspecified atom stereocenters. The van der Waals surface area contributed by atoms with Gasteiger partial charge in [0, 0.05) is 32.1 Å². The van der Waals surface area contributed by atoms with Crippen LogP contribution in [0.1, 0.15) is 24.0 Å². The van der Waals surface area contributed by atoms with Crippen LogP contribution in [0.2, 0.25) is 0 Å². The average molecular weight is 248 g/mol. The van der Waals surface area contributed by atoms with Crippen LogP contribution in [0.15, 0.2) is 24.3 Å². The maximum atomic E-state index is 5.93. The van der Waals surface area contributed by atoms with Crippen LogP contribution in [0, 0.1) is 0 Å². The van der Waals surface area contributed by atoms with E-state index in [4.69, 9.17) is 10.5 Å². The molecule has 1 saturated heterocycles. The van der Waals surface area contributed by atoms with Crippen molar-refractivity contribution in [3.8, 4) is 0 Å². The lowest BCUT2D eigenvalue weighted by atomic mass is 9.97. The van der Waals surface area contributed by atoms with Gasteiger partial charge in [-0.2, -0.15) is 0 Å². The molecule has 0 saturated carbocycles. The molecule has 1 heterocycles. The Morgan fingerprint density at radius 1 is 1.22 bits per heavy atom. The molecule has 1 aromatic rings. The number of ether oxygens (including phenoxy) is 1. The summed E-state index contributed by atoms with van der Waals surface area (Å²) in [6.07, 6.45) is 1.09. The van der Waals surface area contributed by atoms with Crippen LogP contribution in [0.25, 0.3) is 0 Å². The van der Waals surface area contributed by atoms with Crippen molar-refractivity contribution in [1.82, 2.24) is 4.90 Å². The summed E-state index contributed by atoms with van der Waals surface area (Å²) in [4.78, 5) is 2.45. The van der Waals surface area contributed by atoms with Gasteiger partial charge in [0.1, 0.15) is 0 Å². The number of nitrogens with zero attached hydrogens (tertiary/aromatic N) is 1. The van der Waals surface area contributed by atoms with Gasteiger partial charge in [-0.05, 0) is 17.5 Å². The quantitative estimate of drug-likeness (QED) is 0.860. The highest BCUT2D eigenvalue weighted by Gasteiger charge is 2.17. The Morgan fingerprint density at radius 3 is 2.44 bits per heavy atom. The van der Waals surface area contributed by atoms with E-state index in [9.17, 15) is 0 Å². The summed E-state index contributed by atoms with van der Waals surface area (Å²) in [5.74, 6) is 0.439. The zero-order valence-corrected chi connectivity index (χ0v) is 11.3. The zero-order chi connectivity index (χ0) is 12.8. The number of aryl methyl sites for hydroxylation is 1. The van der Waals surface area contributed by atoms with E-state index in [1.54, 1.807) is 0 Å². The predicted molar refractivity (Wildman–Crippen MR) is 74.9 cm³/mol. The molecule has 18 heavy (non-hydrogen) atoms. The third kappa shape index (κ3) is 3.55. The van der Waals surface area contributed by atoms with Crippen molar-refractivity contribution in [2.45, 2.75) is 19.3 Å². The number of rotatable bonds is 5. The highest BCUT2D eigenvalue weighted by molar-refractivity contribution is 5.26.